The highest BCUT2D eigenvalue weighted by Crippen LogP contribution is 2.57. The summed E-state index contributed by atoms with van der Waals surface area (Å²) in [6.45, 7) is 32.1. The van der Waals surface area contributed by atoms with Crippen molar-refractivity contribution >= 4 is 29.1 Å². The summed E-state index contributed by atoms with van der Waals surface area (Å²) in [5.41, 5.74) is 1.97. The number of rotatable bonds is 14. The van der Waals surface area contributed by atoms with E-state index < -0.39 is 47.5 Å². The first-order chi connectivity index (χ1) is 35.5. The second kappa shape index (κ2) is 25.0. The molecule has 0 radical (unpaired) electrons. The second-order valence-electron chi connectivity index (χ2n) is 25.3. The topological polar surface area (TPSA) is 174 Å². The van der Waals surface area contributed by atoms with E-state index >= 15 is 0 Å². The van der Waals surface area contributed by atoms with Crippen LogP contribution in [0.15, 0.2) is 60.7 Å². The molecule has 0 amide bonds. The summed E-state index contributed by atoms with van der Waals surface area (Å²) in [5, 5.41) is 10.7. The van der Waals surface area contributed by atoms with Crippen molar-refractivity contribution in [3.8, 4) is 11.5 Å². The van der Waals surface area contributed by atoms with Crippen LogP contribution in [-0.4, -0.2) is 143 Å². The van der Waals surface area contributed by atoms with Gasteiger partial charge in [-0.05, 0) is 41.5 Å². The van der Waals surface area contributed by atoms with Crippen LogP contribution in [-0.2, 0) is 73.7 Å². The van der Waals surface area contributed by atoms with Crippen LogP contribution in [0.2, 0.25) is 20.2 Å². The molecule has 5 heterocycles. The van der Waals surface area contributed by atoms with Gasteiger partial charge < -0.3 is 65.4 Å². The van der Waals surface area contributed by atoms with Gasteiger partial charge in [-0.25, -0.2) is 4.79 Å². The average Bonchev–Trinajstić information content (AvgIpc) is 3.36. The molecule has 5 aliphatic heterocycles. The fourth-order valence-corrected chi connectivity index (χ4v) is 22.2. The molecule has 18 heteroatoms. The number of fused-ring (bicyclic) bond motifs is 3. The number of hydrogen-bond acceptors (Lipinski definition) is 16. The zero-order valence-electron chi connectivity index (χ0n) is 48.8. The van der Waals surface area contributed by atoms with Crippen molar-refractivity contribution in [2.75, 3.05) is 41.7 Å². The number of aliphatic hydroxyl groups excluding tert-OH is 1. The Morgan fingerprint density at radius 1 is 0.658 bits per heavy atom. The lowest BCUT2D eigenvalue weighted by molar-refractivity contribution is -0.282. The van der Waals surface area contributed by atoms with Gasteiger partial charge in [0.05, 0.1) is 116 Å². The molecule has 13 atom stereocenters. The van der Waals surface area contributed by atoms with E-state index in [0.717, 1.165) is 22.6 Å². The Bertz CT molecular complexity index is 2180. The van der Waals surface area contributed by atoms with E-state index in [0.29, 0.717) is 39.3 Å². The van der Waals surface area contributed by atoms with Gasteiger partial charge in [0.25, 0.3) is 0 Å². The molecule has 5 fully saturated rings. The van der Waals surface area contributed by atoms with Gasteiger partial charge >= 0.3 is 29.1 Å². The Morgan fingerprint density at radius 3 is 1.62 bits per heavy atom. The maximum Gasteiger partial charge on any atom is 0.349 e. The van der Waals surface area contributed by atoms with Gasteiger partial charge in [0.2, 0.25) is 0 Å². The van der Waals surface area contributed by atoms with E-state index in [4.69, 9.17) is 60.3 Å². The Kier molecular flexibility index (Phi) is 20.4. The van der Waals surface area contributed by atoms with E-state index in [1.54, 1.807) is 20.3 Å². The summed E-state index contributed by atoms with van der Waals surface area (Å²) in [7, 11) is 0.702. The Labute approximate surface area is 455 Å². The molecule has 0 aliphatic carbocycles. The fourth-order valence-electron chi connectivity index (χ4n) is 12.3. The van der Waals surface area contributed by atoms with Gasteiger partial charge in [0, 0.05) is 50.9 Å². The van der Waals surface area contributed by atoms with Crippen molar-refractivity contribution in [3.05, 3.63) is 71.8 Å². The highest BCUT2D eigenvalue weighted by molar-refractivity contribution is 6.74. The quantitative estimate of drug-likeness (QED) is 0.107. The molecular weight excluding hydrogens is 1010 g/mol. The predicted octanol–water partition coefficient (Wildman–Crippen LogP) is 10.1. The first kappa shape index (κ1) is 62.0. The highest BCUT2D eigenvalue weighted by Gasteiger charge is 2.65. The minimum atomic E-state index is -2.67. The molecule has 0 saturated carbocycles. The first-order valence-electron chi connectivity index (χ1n) is 27.1. The number of methoxy groups -OCH3 is 4. The molecular formula is C58H92O16Si2. The summed E-state index contributed by atoms with van der Waals surface area (Å²) in [6, 6.07) is 15.4. The first-order valence-corrected chi connectivity index (χ1v) is 30.7. The lowest BCUT2D eigenvalue weighted by Gasteiger charge is -2.58. The molecule has 2 aromatic carbocycles. The molecule has 0 aromatic heterocycles. The van der Waals surface area contributed by atoms with Crippen LogP contribution >= 0.6 is 0 Å². The molecule has 0 unspecified atom stereocenters. The molecule has 0 spiro atoms. The molecule has 428 valence electrons. The van der Waals surface area contributed by atoms with Crippen molar-refractivity contribution in [1.82, 2.24) is 0 Å². The van der Waals surface area contributed by atoms with Crippen LogP contribution in [0.4, 0.5) is 0 Å². The standard InChI is InChI=1S/2C29H46O8Si/c1-18-26(33-16-19-10-12-20(31-8)13-11-19)23(15-25(30)32-9)35-22-14-21-24(36-27(18)22)17-34-38(37-21,28(2,3)4)29(5,6)7;1-19(23(14-15-26(31)33-9)34-17-20-10-12-21(32-8)13-11-20)27-22(30)16-24-25(36-27)18-35-38(37-24,28(2,3)4)29(5,6)7/h10-13,18,21-24,26-27H,14-17H2,1-9H3;10-15,19,22-25,27,30H,16-18H2,1-9H3/b;15-14+/t18-,21-,22+,23+,24-,26-,27+;19-,22+,23+,24-,25-,27+/m11/s1. The summed E-state index contributed by atoms with van der Waals surface area (Å²) in [6.07, 6.45) is 0.560. The van der Waals surface area contributed by atoms with E-state index in [9.17, 15) is 14.7 Å². The van der Waals surface area contributed by atoms with E-state index in [-0.39, 0.29) is 87.1 Å². The van der Waals surface area contributed by atoms with Crippen molar-refractivity contribution in [2.45, 2.75) is 217 Å². The highest BCUT2D eigenvalue weighted by atomic mass is 28.4. The third kappa shape index (κ3) is 13.8. The van der Waals surface area contributed by atoms with E-state index in [1.807, 2.05) is 55.5 Å². The normalized spacial score (nSPS) is 30.3. The number of esters is 2. The molecule has 2 aromatic rings. The number of aliphatic hydroxyl groups is 1. The van der Waals surface area contributed by atoms with Crippen molar-refractivity contribution in [3.63, 3.8) is 0 Å². The number of carbonyl (C=O) groups excluding carboxylic acids is 2. The third-order valence-corrected chi connectivity index (χ3v) is 26.2. The summed E-state index contributed by atoms with van der Waals surface area (Å²) < 4.78 is 79.6. The summed E-state index contributed by atoms with van der Waals surface area (Å²) in [5.74, 6) is 0.500. The van der Waals surface area contributed by atoms with Crippen LogP contribution in [0.3, 0.4) is 0 Å². The van der Waals surface area contributed by atoms with Gasteiger partial charge in [-0.2, -0.15) is 0 Å². The van der Waals surface area contributed by atoms with Crippen LogP contribution in [0.5, 0.6) is 11.5 Å². The third-order valence-electron chi connectivity index (χ3n) is 15.9. The number of hydrogen-bond donors (Lipinski definition) is 1. The Balaban J connectivity index is 0.000000247. The lowest BCUT2D eigenvalue weighted by Crippen LogP contribution is -2.69. The SMILES string of the molecule is COC(=O)/C=C/[C@H](OCc1ccc(OC)cc1)[C@@H](C)[C@@H]1O[C@@H]2CO[Si](C(C)(C)C)(C(C)(C)C)O[C@@H]2C[C@@H]1O.COC(=O)C[C@@H]1O[C@H]2C[C@H]3O[Si](C(C)(C)C)(C(C)(C)C)OC[C@H]3O[C@H]2[C@H](C)[C@H]1OCc1ccc(OC)cc1. The van der Waals surface area contributed by atoms with Gasteiger partial charge in [0.15, 0.2) is 0 Å². The van der Waals surface area contributed by atoms with Gasteiger partial charge in [-0.15, -0.1) is 0 Å². The Morgan fingerprint density at radius 2 is 1.14 bits per heavy atom. The molecule has 5 saturated heterocycles. The summed E-state index contributed by atoms with van der Waals surface area (Å²) in [4.78, 5) is 24.2. The summed E-state index contributed by atoms with van der Waals surface area (Å²) >= 11 is 0. The van der Waals surface area contributed by atoms with Crippen LogP contribution < -0.4 is 9.47 Å². The molecule has 0 bridgehead atoms. The van der Waals surface area contributed by atoms with E-state index in [2.05, 4.69) is 90.0 Å². The number of carbonyl (C=O) groups is 2. The molecule has 5 aliphatic rings. The van der Waals surface area contributed by atoms with Crippen LogP contribution in [0, 0.1) is 11.8 Å². The number of ether oxygens (including phenoxy) is 9. The van der Waals surface area contributed by atoms with Gasteiger partial charge in [-0.1, -0.05) is 121 Å². The van der Waals surface area contributed by atoms with Gasteiger partial charge in [-0.3, -0.25) is 4.79 Å². The van der Waals surface area contributed by atoms with Crippen molar-refractivity contribution in [1.29, 1.82) is 0 Å². The van der Waals surface area contributed by atoms with Crippen molar-refractivity contribution < 1.29 is 75.0 Å². The smallest absolute Gasteiger partial charge is 0.349 e. The van der Waals surface area contributed by atoms with Crippen LogP contribution in [0.25, 0.3) is 0 Å². The van der Waals surface area contributed by atoms with Crippen LogP contribution in [0.1, 0.15) is 127 Å². The second-order valence-corrected chi connectivity index (χ2v) is 34.8. The minimum absolute atomic E-state index is 0.00300. The monoisotopic (exact) mass is 1100 g/mol. The zero-order valence-corrected chi connectivity index (χ0v) is 50.8. The number of benzene rings is 2. The maximum absolute atomic E-state index is 12.3. The van der Waals surface area contributed by atoms with Gasteiger partial charge in [0.1, 0.15) is 23.7 Å². The minimum Gasteiger partial charge on any atom is -0.497 e. The largest absolute Gasteiger partial charge is 0.497 e. The molecule has 1 N–H and O–H groups in total. The average molecular weight is 1100 g/mol. The van der Waals surface area contributed by atoms with Crippen molar-refractivity contribution in [2.24, 2.45) is 11.8 Å². The molecule has 16 nitrogen and oxygen atoms in total. The maximum atomic E-state index is 12.3. The Hall–Kier alpha value is -3.25. The molecule has 76 heavy (non-hydrogen) atoms. The lowest BCUT2D eigenvalue weighted by atomic mass is 9.82. The predicted molar refractivity (Wildman–Crippen MR) is 293 cm³/mol. The zero-order chi connectivity index (χ0) is 56.2. The fraction of sp³-hybridized carbons (Fsp3) is 0.724. The van der Waals surface area contributed by atoms with E-state index in [1.165, 1.54) is 20.3 Å². The molecule has 7 rings (SSSR count).